The van der Waals surface area contributed by atoms with E-state index < -0.39 is 17.6 Å². The lowest BCUT2D eigenvalue weighted by Gasteiger charge is -2.09. The fourth-order valence-corrected chi connectivity index (χ4v) is 1.61. The van der Waals surface area contributed by atoms with Crippen LogP contribution in [0.1, 0.15) is 5.56 Å². The number of amides is 1. The number of benzene rings is 1. The lowest BCUT2D eigenvalue weighted by atomic mass is 10.0. The maximum atomic E-state index is 11.6. The van der Waals surface area contributed by atoms with Crippen molar-refractivity contribution in [3.05, 3.63) is 29.5 Å². The second-order valence-electron chi connectivity index (χ2n) is 3.49. The van der Waals surface area contributed by atoms with Crippen LogP contribution in [0.15, 0.2) is 34.1 Å². The summed E-state index contributed by atoms with van der Waals surface area (Å²) in [6.45, 7) is 0. The lowest BCUT2D eigenvalue weighted by molar-refractivity contribution is -0.132. The number of azo groups is 1. The summed E-state index contributed by atoms with van der Waals surface area (Å²) < 4.78 is 5.07. The van der Waals surface area contributed by atoms with Gasteiger partial charge < -0.3 is 15.6 Å². The first-order valence-corrected chi connectivity index (χ1v) is 4.92. The number of rotatable bonds is 3. The summed E-state index contributed by atoms with van der Waals surface area (Å²) in [6, 6.07) is 4.57. The summed E-state index contributed by atoms with van der Waals surface area (Å²) >= 11 is 0. The average Bonchev–Trinajstić information content (AvgIpc) is 2.71. The van der Waals surface area contributed by atoms with Gasteiger partial charge >= 0.3 is 5.97 Å². The summed E-state index contributed by atoms with van der Waals surface area (Å²) in [6.07, 6.45) is 0. The number of nitrogens with zero attached hydrogens (tertiary/aromatic N) is 2. The molecule has 1 aromatic carbocycles. The molecule has 92 valence electrons. The Morgan fingerprint density at radius 1 is 1.39 bits per heavy atom. The maximum Gasteiger partial charge on any atom is 0.357 e. The zero-order valence-electron chi connectivity index (χ0n) is 9.38. The highest BCUT2D eigenvalue weighted by molar-refractivity contribution is 6.27. The van der Waals surface area contributed by atoms with Crippen LogP contribution in [0, 0.1) is 0 Å². The molecule has 7 heteroatoms. The van der Waals surface area contributed by atoms with Crippen molar-refractivity contribution in [3.63, 3.8) is 0 Å². The number of nitrogens with two attached hydrogens (primary N) is 1. The monoisotopic (exact) mass is 247 g/mol. The van der Waals surface area contributed by atoms with Gasteiger partial charge in [0.2, 0.25) is 0 Å². The number of hydrogen-bond donors (Lipinski definition) is 2. The number of carbonyl (C=O) groups is 2. The molecule has 1 aromatic rings. The quantitative estimate of drug-likeness (QED) is 0.775. The highest BCUT2D eigenvalue weighted by atomic mass is 16.5. The van der Waals surface area contributed by atoms with Crippen molar-refractivity contribution in [1.82, 2.24) is 0 Å². The molecule has 0 bridgehead atoms. The van der Waals surface area contributed by atoms with Crippen LogP contribution >= 0.6 is 0 Å². The van der Waals surface area contributed by atoms with Gasteiger partial charge in [-0.1, -0.05) is 0 Å². The first kappa shape index (κ1) is 11.8. The van der Waals surface area contributed by atoms with Crippen molar-refractivity contribution in [2.45, 2.75) is 0 Å². The molecule has 0 radical (unpaired) electrons. The van der Waals surface area contributed by atoms with Crippen molar-refractivity contribution in [3.8, 4) is 5.75 Å². The summed E-state index contributed by atoms with van der Waals surface area (Å²) in [7, 11) is 1.41. The molecular formula is C11H9N3O4. The first-order valence-electron chi connectivity index (χ1n) is 4.92. The Hall–Kier alpha value is -2.70. The number of methoxy groups -OCH3 is 1. The number of carboxylic acid groups (broad SMARTS) is 1. The van der Waals surface area contributed by atoms with E-state index in [2.05, 4.69) is 10.2 Å². The van der Waals surface area contributed by atoms with E-state index in [-0.39, 0.29) is 11.1 Å². The van der Waals surface area contributed by atoms with Gasteiger partial charge in [0.15, 0.2) is 5.70 Å². The predicted octanol–water partition coefficient (Wildman–Crippen LogP) is 1.07. The van der Waals surface area contributed by atoms with Crippen LogP contribution in [0.25, 0.3) is 5.57 Å². The van der Waals surface area contributed by atoms with Gasteiger partial charge in [-0.2, -0.15) is 0 Å². The highest BCUT2D eigenvalue weighted by Gasteiger charge is 2.29. The van der Waals surface area contributed by atoms with Crippen molar-refractivity contribution >= 4 is 23.1 Å². The zero-order valence-corrected chi connectivity index (χ0v) is 9.38. The van der Waals surface area contributed by atoms with E-state index in [0.29, 0.717) is 11.4 Å². The van der Waals surface area contributed by atoms with Crippen LogP contribution in [0.5, 0.6) is 5.75 Å². The summed E-state index contributed by atoms with van der Waals surface area (Å²) in [5.41, 5.74) is 5.73. The van der Waals surface area contributed by atoms with E-state index in [1.54, 1.807) is 12.1 Å². The van der Waals surface area contributed by atoms with Crippen molar-refractivity contribution in [1.29, 1.82) is 0 Å². The minimum Gasteiger partial charge on any atom is -0.496 e. The van der Waals surface area contributed by atoms with E-state index in [4.69, 9.17) is 15.6 Å². The Balaban J connectivity index is 2.68. The molecule has 7 nitrogen and oxygen atoms in total. The van der Waals surface area contributed by atoms with Crippen LogP contribution in [-0.4, -0.2) is 24.1 Å². The fraction of sp³-hybridized carbons (Fsp3) is 0.0909. The zero-order chi connectivity index (χ0) is 13.3. The topological polar surface area (TPSA) is 114 Å². The number of ether oxygens (including phenoxy) is 1. The predicted molar refractivity (Wildman–Crippen MR) is 61.8 cm³/mol. The molecule has 1 aliphatic heterocycles. The van der Waals surface area contributed by atoms with Crippen LogP contribution in [0.2, 0.25) is 0 Å². The largest absolute Gasteiger partial charge is 0.496 e. The average molecular weight is 247 g/mol. The van der Waals surface area contributed by atoms with Crippen LogP contribution in [-0.2, 0) is 9.59 Å². The third-order valence-corrected chi connectivity index (χ3v) is 2.39. The number of carbonyl (C=O) groups excluding carboxylic acids is 1. The normalized spacial score (nSPS) is 14.2. The van der Waals surface area contributed by atoms with E-state index in [1.807, 2.05) is 0 Å². The molecule has 18 heavy (non-hydrogen) atoms. The molecule has 0 saturated heterocycles. The SMILES string of the molecule is COc1ccc(N)cc1C1=C(C(=O)O)N=NC1=O. The molecule has 0 aromatic heterocycles. The Morgan fingerprint density at radius 2 is 2.11 bits per heavy atom. The Labute approximate surface area is 102 Å². The molecule has 0 spiro atoms. The van der Waals surface area contributed by atoms with E-state index >= 15 is 0 Å². The van der Waals surface area contributed by atoms with Gasteiger partial charge in [-0.3, -0.25) is 4.79 Å². The molecule has 0 fully saturated rings. The van der Waals surface area contributed by atoms with Crippen molar-refractivity contribution in [2.75, 3.05) is 12.8 Å². The van der Waals surface area contributed by atoms with Crippen molar-refractivity contribution in [2.24, 2.45) is 10.2 Å². The first-order chi connectivity index (χ1) is 8.54. The molecular weight excluding hydrogens is 238 g/mol. The maximum absolute atomic E-state index is 11.6. The summed E-state index contributed by atoms with van der Waals surface area (Å²) in [4.78, 5) is 22.6. The number of anilines is 1. The van der Waals surface area contributed by atoms with E-state index in [9.17, 15) is 9.59 Å². The number of aliphatic carboxylic acids is 1. The van der Waals surface area contributed by atoms with Gasteiger partial charge in [0.05, 0.1) is 12.7 Å². The summed E-state index contributed by atoms with van der Waals surface area (Å²) in [5.74, 6) is -1.72. The Kier molecular flexibility index (Phi) is 2.80. The molecule has 0 saturated carbocycles. The molecule has 1 heterocycles. The molecule has 3 N–H and O–H groups in total. The Morgan fingerprint density at radius 3 is 2.72 bits per heavy atom. The smallest absolute Gasteiger partial charge is 0.357 e. The molecule has 1 amide bonds. The highest BCUT2D eigenvalue weighted by Crippen LogP contribution is 2.34. The molecule has 0 atom stereocenters. The third-order valence-electron chi connectivity index (χ3n) is 2.39. The van der Waals surface area contributed by atoms with E-state index in [0.717, 1.165) is 0 Å². The van der Waals surface area contributed by atoms with Gasteiger partial charge in [-0.25, -0.2) is 4.79 Å². The second kappa shape index (κ2) is 4.28. The standard InChI is InChI=1S/C11H9N3O4/c1-18-7-3-2-5(12)4-6(7)8-9(11(16)17)13-14-10(8)15/h2-4H,12H2,1H3,(H,16,17). The minimum absolute atomic E-state index is 0.119. The van der Waals surface area contributed by atoms with Crippen LogP contribution in [0.3, 0.4) is 0 Å². The van der Waals surface area contributed by atoms with E-state index in [1.165, 1.54) is 13.2 Å². The second-order valence-corrected chi connectivity index (χ2v) is 3.49. The van der Waals surface area contributed by atoms with Gasteiger partial charge in [-0.15, -0.1) is 10.2 Å². The Bertz CT molecular complexity index is 604. The summed E-state index contributed by atoms with van der Waals surface area (Å²) in [5, 5.41) is 15.5. The number of carboxylic acids is 1. The molecule has 0 unspecified atom stereocenters. The number of nitrogen functional groups attached to an aromatic ring is 1. The van der Waals surface area contributed by atoms with Gasteiger partial charge in [0, 0.05) is 11.3 Å². The lowest BCUT2D eigenvalue weighted by Crippen LogP contribution is -2.05. The van der Waals surface area contributed by atoms with Gasteiger partial charge in [0.25, 0.3) is 5.91 Å². The molecule has 0 aliphatic carbocycles. The minimum atomic E-state index is -1.33. The number of hydrogen-bond acceptors (Lipinski definition) is 5. The third kappa shape index (κ3) is 1.81. The fourth-order valence-electron chi connectivity index (χ4n) is 1.61. The van der Waals surface area contributed by atoms with Gasteiger partial charge in [-0.05, 0) is 18.2 Å². The van der Waals surface area contributed by atoms with Gasteiger partial charge in [0.1, 0.15) is 5.75 Å². The van der Waals surface area contributed by atoms with Crippen LogP contribution in [0.4, 0.5) is 5.69 Å². The molecule has 1 aliphatic rings. The van der Waals surface area contributed by atoms with Crippen molar-refractivity contribution < 1.29 is 19.4 Å². The molecule has 2 rings (SSSR count). The van der Waals surface area contributed by atoms with Crippen LogP contribution < -0.4 is 10.5 Å².